The van der Waals surface area contributed by atoms with Crippen LogP contribution in [-0.4, -0.2) is 18.0 Å². The molecule has 5 nitrogen and oxygen atoms in total. The van der Waals surface area contributed by atoms with Crippen molar-refractivity contribution in [3.05, 3.63) is 77.1 Å². The van der Waals surface area contributed by atoms with Gasteiger partial charge in [0.05, 0.1) is 30.2 Å². The lowest BCUT2D eigenvalue weighted by Gasteiger charge is -2.12. The Morgan fingerprint density at radius 2 is 1.92 bits per heavy atom. The zero-order chi connectivity index (χ0) is 18.5. The molecule has 0 saturated heterocycles. The molecule has 0 aliphatic heterocycles. The molecular formula is C20H18ClN3O2. The number of nitrogens with one attached hydrogen (secondary N) is 2. The van der Waals surface area contributed by atoms with Crippen LogP contribution < -0.4 is 15.4 Å². The number of methoxy groups -OCH3 is 1. The van der Waals surface area contributed by atoms with Crippen LogP contribution in [0.15, 0.2) is 60.9 Å². The van der Waals surface area contributed by atoms with Gasteiger partial charge in [0.15, 0.2) is 0 Å². The van der Waals surface area contributed by atoms with Gasteiger partial charge >= 0.3 is 0 Å². The third-order valence-electron chi connectivity index (χ3n) is 3.72. The molecule has 0 spiro atoms. The number of nitrogens with zero attached hydrogens (tertiary/aromatic N) is 1. The van der Waals surface area contributed by atoms with Gasteiger partial charge in [0.25, 0.3) is 5.91 Å². The molecule has 2 aromatic carbocycles. The number of ether oxygens (including phenoxy) is 1. The van der Waals surface area contributed by atoms with Gasteiger partial charge in [-0.25, -0.2) is 0 Å². The van der Waals surface area contributed by atoms with Gasteiger partial charge in [0.1, 0.15) is 5.75 Å². The Morgan fingerprint density at radius 3 is 2.69 bits per heavy atom. The number of hydrogen-bond acceptors (Lipinski definition) is 4. The number of carbonyl (C=O) groups excluding carboxylic acids is 1. The quantitative estimate of drug-likeness (QED) is 0.662. The fraction of sp³-hybridized carbons (Fsp3) is 0.100. The normalized spacial score (nSPS) is 10.3. The Hall–Kier alpha value is -3.05. The fourth-order valence-corrected chi connectivity index (χ4v) is 2.67. The molecule has 0 atom stereocenters. The van der Waals surface area contributed by atoms with Crippen LogP contribution in [-0.2, 0) is 0 Å². The van der Waals surface area contributed by atoms with E-state index < -0.39 is 0 Å². The average molecular weight is 368 g/mol. The highest BCUT2D eigenvalue weighted by Crippen LogP contribution is 2.26. The van der Waals surface area contributed by atoms with Crippen molar-refractivity contribution < 1.29 is 9.53 Å². The van der Waals surface area contributed by atoms with Crippen LogP contribution in [0.5, 0.6) is 5.75 Å². The molecule has 1 amide bonds. The number of aryl methyl sites for hydroxylation is 1. The van der Waals surface area contributed by atoms with Crippen LogP contribution in [0.25, 0.3) is 0 Å². The van der Waals surface area contributed by atoms with E-state index in [9.17, 15) is 4.79 Å². The Kier molecular flexibility index (Phi) is 5.39. The van der Waals surface area contributed by atoms with E-state index in [1.807, 2.05) is 37.3 Å². The molecule has 6 heteroatoms. The molecule has 132 valence electrons. The first-order valence-corrected chi connectivity index (χ1v) is 8.36. The highest BCUT2D eigenvalue weighted by Gasteiger charge is 2.11. The van der Waals surface area contributed by atoms with E-state index in [2.05, 4.69) is 15.6 Å². The smallest absolute Gasteiger partial charge is 0.257 e. The summed E-state index contributed by atoms with van der Waals surface area (Å²) >= 11 is 5.99. The predicted molar refractivity (Wildman–Crippen MR) is 105 cm³/mol. The standard InChI is InChI=1S/C20H18ClN3O2/c1-13-6-7-19(26-2)18(8-13)24-20(25)14-9-17(12-22-11-14)23-16-5-3-4-15(21)10-16/h3-12,23H,1-2H3,(H,24,25). The van der Waals surface area contributed by atoms with Gasteiger partial charge in [0.2, 0.25) is 0 Å². The number of carbonyl (C=O) groups is 1. The maximum absolute atomic E-state index is 12.6. The number of benzene rings is 2. The fourth-order valence-electron chi connectivity index (χ4n) is 2.48. The summed E-state index contributed by atoms with van der Waals surface area (Å²) in [6, 6.07) is 14.7. The van der Waals surface area contributed by atoms with Crippen LogP contribution >= 0.6 is 11.6 Å². The highest BCUT2D eigenvalue weighted by atomic mass is 35.5. The second-order valence-electron chi connectivity index (χ2n) is 5.76. The van der Waals surface area contributed by atoms with Gasteiger partial charge in [-0.2, -0.15) is 0 Å². The maximum atomic E-state index is 12.6. The summed E-state index contributed by atoms with van der Waals surface area (Å²) in [6.45, 7) is 1.95. The predicted octanol–water partition coefficient (Wildman–Crippen LogP) is 5.05. The molecule has 3 aromatic rings. The van der Waals surface area contributed by atoms with Gasteiger partial charge in [-0.05, 0) is 48.9 Å². The zero-order valence-corrected chi connectivity index (χ0v) is 15.2. The molecule has 2 N–H and O–H groups in total. The Labute approximate surface area is 157 Å². The first kappa shape index (κ1) is 17.8. The highest BCUT2D eigenvalue weighted by molar-refractivity contribution is 6.30. The molecule has 0 unspecified atom stereocenters. The lowest BCUT2D eigenvalue weighted by Crippen LogP contribution is -2.13. The van der Waals surface area contributed by atoms with Crippen molar-refractivity contribution in [2.24, 2.45) is 0 Å². The second-order valence-corrected chi connectivity index (χ2v) is 6.19. The summed E-state index contributed by atoms with van der Waals surface area (Å²) in [7, 11) is 1.57. The zero-order valence-electron chi connectivity index (χ0n) is 14.4. The lowest BCUT2D eigenvalue weighted by molar-refractivity contribution is 0.102. The minimum absolute atomic E-state index is 0.267. The molecule has 3 rings (SSSR count). The van der Waals surface area contributed by atoms with Gasteiger partial charge in [-0.1, -0.05) is 23.7 Å². The number of anilines is 3. The number of hydrogen-bond donors (Lipinski definition) is 2. The first-order chi connectivity index (χ1) is 12.5. The molecular weight excluding hydrogens is 350 g/mol. The van der Waals surface area contributed by atoms with E-state index in [4.69, 9.17) is 16.3 Å². The second kappa shape index (κ2) is 7.89. The average Bonchev–Trinajstić information content (AvgIpc) is 2.62. The van der Waals surface area contributed by atoms with Crippen molar-refractivity contribution in [1.29, 1.82) is 0 Å². The molecule has 0 aliphatic rings. The van der Waals surface area contributed by atoms with Gasteiger partial charge in [0, 0.05) is 16.9 Å². The summed E-state index contributed by atoms with van der Waals surface area (Å²) < 4.78 is 5.30. The van der Waals surface area contributed by atoms with Crippen molar-refractivity contribution in [2.75, 3.05) is 17.7 Å². The molecule has 1 aromatic heterocycles. The van der Waals surface area contributed by atoms with E-state index in [1.54, 1.807) is 31.5 Å². The van der Waals surface area contributed by atoms with Crippen molar-refractivity contribution in [2.45, 2.75) is 6.92 Å². The Morgan fingerprint density at radius 1 is 1.08 bits per heavy atom. The third kappa shape index (κ3) is 4.32. The van der Waals surface area contributed by atoms with Crippen LogP contribution in [0.3, 0.4) is 0 Å². The van der Waals surface area contributed by atoms with E-state index in [0.29, 0.717) is 27.7 Å². The van der Waals surface area contributed by atoms with Crippen molar-refractivity contribution >= 4 is 34.6 Å². The number of aromatic nitrogens is 1. The summed E-state index contributed by atoms with van der Waals surface area (Å²) in [6.07, 6.45) is 3.16. The van der Waals surface area contributed by atoms with E-state index in [0.717, 1.165) is 11.3 Å². The van der Waals surface area contributed by atoms with E-state index in [1.165, 1.54) is 6.20 Å². The molecule has 0 radical (unpaired) electrons. The number of pyridine rings is 1. The van der Waals surface area contributed by atoms with Gasteiger partial charge < -0.3 is 15.4 Å². The number of halogens is 1. The van der Waals surface area contributed by atoms with Gasteiger partial charge in [-0.15, -0.1) is 0 Å². The monoisotopic (exact) mass is 367 g/mol. The first-order valence-electron chi connectivity index (χ1n) is 7.99. The molecule has 0 bridgehead atoms. The lowest BCUT2D eigenvalue weighted by atomic mass is 10.2. The molecule has 0 saturated carbocycles. The summed E-state index contributed by atoms with van der Waals surface area (Å²) in [5, 5.41) is 6.68. The maximum Gasteiger partial charge on any atom is 0.257 e. The minimum Gasteiger partial charge on any atom is -0.495 e. The topological polar surface area (TPSA) is 63.2 Å². The van der Waals surface area contributed by atoms with Gasteiger partial charge in [-0.3, -0.25) is 9.78 Å². The van der Waals surface area contributed by atoms with Crippen molar-refractivity contribution in [1.82, 2.24) is 4.98 Å². The molecule has 26 heavy (non-hydrogen) atoms. The van der Waals surface area contributed by atoms with Crippen LogP contribution in [0.4, 0.5) is 17.1 Å². The molecule has 1 heterocycles. The number of amides is 1. The Balaban J connectivity index is 1.79. The Bertz CT molecular complexity index is 944. The summed E-state index contributed by atoms with van der Waals surface area (Å²) in [5.41, 5.74) is 3.58. The summed E-state index contributed by atoms with van der Waals surface area (Å²) in [5.74, 6) is 0.335. The van der Waals surface area contributed by atoms with Crippen molar-refractivity contribution in [3.8, 4) is 5.75 Å². The van der Waals surface area contributed by atoms with E-state index in [-0.39, 0.29) is 5.91 Å². The number of rotatable bonds is 5. The summed E-state index contributed by atoms with van der Waals surface area (Å²) in [4.78, 5) is 16.7. The minimum atomic E-state index is -0.267. The van der Waals surface area contributed by atoms with Crippen molar-refractivity contribution in [3.63, 3.8) is 0 Å². The van der Waals surface area contributed by atoms with Crippen LogP contribution in [0.1, 0.15) is 15.9 Å². The van der Waals surface area contributed by atoms with Crippen LogP contribution in [0.2, 0.25) is 5.02 Å². The molecule has 0 fully saturated rings. The third-order valence-corrected chi connectivity index (χ3v) is 3.95. The largest absolute Gasteiger partial charge is 0.495 e. The molecule has 0 aliphatic carbocycles. The van der Waals surface area contributed by atoms with Crippen LogP contribution in [0, 0.1) is 6.92 Å². The van der Waals surface area contributed by atoms with E-state index >= 15 is 0 Å². The SMILES string of the molecule is COc1ccc(C)cc1NC(=O)c1cncc(Nc2cccc(Cl)c2)c1.